The van der Waals surface area contributed by atoms with Gasteiger partial charge in [0.15, 0.2) is 0 Å². The summed E-state index contributed by atoms with van der Waals surface area (Å²) in [6, 6.07) is 9.07. The Labute approximate surface area is 118 Å². The molecule has 2 unspecified atom stereocenters. The lowest BCUT2D eigenvalue weighted by atomic mass is 10.0. The van der Waals surface area contributed by atoms with Gasteiger partial charge < -0.3 is 10.2 Å². The van der Waals surface area contributed by atoms with Crippen LogP contribution in [0, 0.1) is 0 Å². The molecule has 0 saturated carbocycles. The van der Waals surface area contributed by atoms with Crippen LogP contribution in [0.2, 0.25) is 0 Å². The van der Waals surface area contributed by atoms with E-state index in [-0.39, 0.29) is 6.04 Å². The monoisotopic (exact) mass is 276 g/mol. The third-order valence-corrected chi connectivity index (χ3v) is 5.21. The van der Waals surface area contributed by atoms with E-state index in [0.29, 0.717) is 12.6 Å². The first kappa shape index (κ1) is 13.0. The Kier molecular flexibility index (Phi) is 3.82. The number of furan rings is 1. The highest BCUT2D eigenvalue weighted by Gasteiger charge is 2.28. The van der Waals surface area contributed by atoms with Crippen LogP contribution >= 0.6 is 11.8 Å². The molecule has 2 heterocycles. The molecule has 3 rings (SSSR count). The Morgan fingerprint density at radius 3 is 3.05 bits per heavy atom. The molecule has 2 aromatic rings. The maximum Gasteiger partial charge on any atom is 0.134 e. The number of thioether (sulfide) groups is 1. The zero-order valence-electron chi connectivity index (χ0n) is 11.2. The van der Waals surface area contributed by atoms with E-state index in [2.05, 4.69) is 24.1 Å². The number of hydrogen-bond donors (Lipinski definition) is 1. The molecule has 3 nitrogen and oxygen atoms in total. The third kappa shape index (κ3) is 2.40. The van der Waals surface area contributed by atoms with E-state index in [4.69, 9.17) is 10.2 Å². The highest BCUT2D eigenvalue weighted by molar-refractivity contribution is 7.99. The smallest absolute Gasteiger partial charge is 0.134 e. The molecule has 1 fully saturated rings. The summed E-state index contributed by atoms with van der Waals surface area (Å²) in [6.07, 6.45) is 3.13. The average Bonchev–Trinajstić information content (AvgIpc) is 3.09. The molecule has 0 amide bonds. The van der Waals surface area contributed by atoms with Crippen LogP contribution in [0.4, 0.5) is 0 Å². The van der Waals surface area contributed by atoms with Gasteiger partial charge in [-0.2, -0.15) is 11.8 Å². The predicted octanol–water partition coefficient (Wildman–Crippen LogP) is 2.87. The molecular weight excluding hydrogens is 256 g/mol. The van der Waals surface area contributed by atoms with Crippen molar-refractivity contribution in [3.05, 3.63) is 36.1 Å². The highest BCUT2D eigenvalue weighted by Crippen LogP contribution is 2.32. The van der Waals surface area contributed by atoms with Crippen LogP contribution in [0.3, 0.4) is 0 Å². The predicted molar refractivity (Wildman–Crippen MR) is 81.5 cm³/mol. The van der Waals surface area contributed by atoms with Crippen molar-refractivity contribution in [1.29, 1.82) is 0 Å². The molecule has 0 spiro atoms. The summed E-state index contributed by atoms with van der Waals surface area (Å²) in [5.41, 5.74) is 8.20. The number of nitrogens with two attached hydrogens (primary N) is 1. The van der Waals surface area contributed by atoms with Crippen LogP contribution in [0.25, 0.3) is 11.0 Å². The van der Waals surface area contributed by atoms with Gasteiger partial charge in [-0.15, -0.1) is 0 Å². The topological polar surface area (TPSA) is 42.4 Å². The standard InChI is InChI=1S/C15H20N2OS/c1-17(11-6-7-19-10-11)14(8-16)13-9-18-15-5-3-2-4-12(13)15/h2-5,9,11,14H,6-8,10,16H2,1H3. The fourth-order valence-electron chi connectivity index (χ4n) is 2.87. The van der Waals surface area contributed by atoms with Crippen LogP contribution in [0.5, 0.6) is 0 Å². The number of para-hydroxylation sites is 1. The molecule has 1 saturated heterocycles. The lowest BCUT2D eigenvalue weighted by molar-refractivity contribution is 0.193. The molecule has 19 heavy (non-hydrogen) atoms. The molecule has 0 aliphatic carbocycles. The number of nitrogens with zero attached hydrogens (tertiary/aromatic N) is 1. The van der Waals surface area contributed by atoms with Gasteiger partial charge in [-0.05, 0) is 25.3 Å². The minimum Gasteiger partial charge on any atom is -0.464 e. The van der Waals surface area contributed by atoms with Crippen molar-refractivity contribution in [3.63, 3.8) is 0 Å². The fourth-order valence-corrected chi connectivity index (χ4v) is 4.15. The molecular formula is C15H20N2OS. The normalized spacial score (nSPS) is 21.3. The Morgan fingerprint density at radius 1 is 1.47 bits per heavy atom. The van der Waals surface area contributed by atoms with E-state index in [1.807, 2.05) is 30.2 Å². The van der Waals surface area contributed by atoms with Crippen molar-refractivity contribution < 1.29 is 4.42 Å². The third-order valence-electron chi connectivity index (χ3n) is 4.07. The van der Waals surface area contributed by atoms with Crippen molar-refractivity contribution in [2.24, 2.45) is 5.73 Å². The van der Waals surface area contributed by atoms with Crippen LogP contribution in [-0.4, -0.2) is 36.0 Å². The molecule has 1 aliphatic heterocycles. The summed E-state index contributed by atoms with van der Waals surface area (Å²) in [6.45, 7) is 0.626. The number of hydrogen-bond acceptors (Lipinski definition) is 4. The minimum absolute atomic E-state index is 0.243. The lowest BCUT2D eigenvalue weighted by Crippen LogP contribution is -2.38. The Hall–Kier alpha value is -0.970. The quantitative estimate of drug-likeness (QED) is 0.932. The molecule has 1 aromatic heterocycles. The fraction of sp³-hybridized carbons (Fsp3) is 0.467. The first-order valence-corrected chi connectivity index (χ1v) is 7.92. The Bertz CT molecular complexity index is 548. The number of benzene rings is 1. The van der Waals surface area contributed by atoms with E-state index in [0.717, 1.165) is 5.58 Å². The zero-order valence-corrected chi connectivity index (χ0v) is 12.0. The Balaban J connectivity index is 1.92. The number of fused-ring (bicyclic) bond motifs is 1. The van der Waals surface area contributed by atoms with Gasteiger partial charge in [-0.3, -0.25) is 4.90 Å². The van der Waals surface area contributed by atoms with Gasteiger partial charge in [-0.1, -0.05) is 18.2 Å². The SMILES string of the molecule is CN(C1CCSC1)C(CN)c1coc2ccccc12. The molecule has 102 valence electrons. The lowest BCUT2D eigenvalue weighted by Gasteiger charge is -2.31. The first-order valence-electron chi connectivity index (χ1n) is 6.77. The van der Waals surface area contributed by atoms with E-state index < -0.39 is 0 Å². The summed E-state index contributed by atoms with van der Waals surface area (Å²) < 4.78 is 5.66. The van der Waals surface area contributed by atoms with Gasteiger partial charge in [0.05, 0.1) is 12.3 Å². The Morgan fingerprint density at radius 2 is 2.32 bits per heavy atom. The molecule has 2 N–H and O–H groups in total. The number of rotatable bonds is 4. The van der Waals surface area contributed by atoms with E-state index >= 15 is 0 Å². The largest absolute Gasteiger partial charge is 0.464 e. The maximum absolute atomic E-state index is 6.03. The van der Waals surface area contributed by atoms with Crippen molar-refractivity contribution in [2.75, 3.05) is 25.1 Å². The molecule has 0 radical (unpaired) electrons. The van der Waals surface area contributed by atoms with E-state index in [9.17, 15) is 0 Å². The second-order valence-electron chi connectivity index (χ2n) is 5.12. The van der Waals surface area contributed by atoms with Crippen LogP contribution in [0.1, 0.15) is 18.0 Å². The molecule has 4 heteroatoms. The molecule has 1 aliphatic rings. The van der Waals surface area contributed by atoms with Crippen molar-refractivity contribution in [2.45, 2.75) is 18.5 Å². The van der Waals surface area contributed by atoms with Gasteiger partial charge in [-0.25, -0.2) is 0 Å². The molecule has 2 atom stereocenters. The zero-order chi connectivity index (χ0) is 13.2. The van der Waals surface area contributed by atoms with Crippen LogP contribution < -0.4 is 5.73 Å². The summed E-state index contributed by atoms with van der Waals surface area (Å²) in [5.74, 6) is 2.47. The highest BCUT2D eigenvalue weighted by atomic mass is 32.2. The van der Waals surface area contributed by atoms with E-state index in [1.54, 1.807) is 0 Å². The maximum atomic E-state index is 6.03. The van der Waals surface area contributed by atoms with Crippen LogP contribution in [-0.2, 0) is 0 Å². The van der Waals surface area contributed by atoms with Crippen LogP contribution in [0.15, 0.2) is 34.9 Å². The summed E-state index contributed by atoms with van der Waals surface area (Å²) in [4.78, 5) is 2.43. The van der Waals surface area contributed by atoms with E-state index in [1.165, 1.54) is 28.9 Å². The molecule has 1 aromatic carbocycles. The second-order valence-corrected chi connectivity index (χ2v) is 6.27. The minimum atomic E-state index is 0.243. The van der Waals surface area contributed by atoms with Gasteiger partial charge >= 0.3 is 0 Å². The van der Waals surface area contributed by atoms with Crippen molar-refractivity contribution in [3.8, 4) is 0 Å². The van der Waals surface area contributed by atoms with Crippen molar-refractivity contribution >= 4 is 22.7 Å². The van der Waals surface area contributed by atoms with Gasteiger partial charge in [0.25, 0.3) is 0 Å². The van der Waals surface area contributed by atoms with Gasteiger partial charge in [0.2, 0.25) is 0 Å². The van der Waals surface area contributed by atoms with Crippen molar-refractivity contribution in [1.82, 2.24) is 4.90 Å². The summed E-state index contributed by atoms with van der Waals surface area (Å²) in [7, 11) is 2.19. The molecule has 0 bridgehead atoms. The van der Waals surface area contributed by atoms with Gasteiger partial charge in [0.1, 0.15) is 5.58 Å². The second kappa shape index (κ2) is 5.57. The average molecular weight is 276 g/mol. The first-order chi connectivity index (χ1) is 9.31. The summed E-state index contributed by atoms with van der Waals surface area (Å²) >= 11 is 2.03. The number of likely N-dealkylation sites (N-methyl/N-ethyl adjacent to an activating group) is 1. The van der Waals surface area contributed by atoms with Gasteiger partial charge in [0, 0.05) is 29.3 Å². The summed E-state index contributed by atoms with van der Waals surface area (Å²) in [5, 5.41) is 1.19.